The molecule has 1 fully saturated rings. The molecule has 0 amide bonds. The summed E-state index contributed by atoms with van der Waals surface area (Å²) < 4.78 is 40.6. The van der Waals surface area contributed by atoms with Crippen LogP contribution in [0.5, 0.6) is 5.88 Å². The van der Waals surface area contributed by atoms with E-state index in [1.807, 2.05) is 0 Å². The molecule has 1 unspecified atom stereocenters. The van der Waals surface area contributed by atoms with E-state index in [-0.39, 0.29) is 5.88 Å². The van der Waals surface area contributed by atoms with Crippen molar-refractivity contribution >= 4 is 5.69 Å². The highest BCUT2D eigenvalue weighted by Crippen LogP contribution is 2.38. The molecule has 6 heteroatoms. The van der Waals surface area contributed by atoms with Crippen molar-refractivity contribution in [2.24, 2.45) is 5.41 Å². The van der Waals surface area contributed by atoms with Crippen molar-refractivity contribution in [2.45, 2.75) is 45.3 Å². The van der Waals surface area contributed by atoms with E-state index in [2.05, 4.69) is 28.9 Å². The van der Waals surface area contributed by atoms with Crippen molar-refractivity contribution in [3.8, 4) is 5.88 Å². The van der Waals surface area contributed by atoms with Gasteiger partial charge in [-0.05, 0) is 30.7 Å². The third kappa shape index (κ3) is 4.58. The molecule has 0 aromatic carbocycles. The molecule has 20 heavy (non-hydrogen) atoms. The molecule has 0 aliphatic heterocycles. The topological polar surface area (TPSA) is 34.1 Å². The van der Waals surface area contributed by atoms with E-state index in [1.165, 1.54) is 18.7 Å². The summed E-state index contributed by atoms with van der Waals surface area (Å²) in [7, 11) is 0. The first-order chi connectivity index (χ1) is 9.23. The van der Waals surface area contributed by atoms with Crippen LogP contribution in [-0.4, -0.2) is 23.8 Å². The second-order valence-corrected chi connectivity index (χ2v) is 6.04. The normalized spacial score (nSPS) is 21.8. The molecule has 1 aliphatic carbocycles. The van der Waals surface area contributed by atoms with Gasteiger partial charge in [-0.1, -0.05) is 13.8 Å². The second kappa shape index (κ2) is 5.50. The van der Waals surface area contributed by atoms with Crippen LogP contribution in [0.4, 0.5) is 18.9 Å². The first kappa shape index (κ1) is 14.9. The molecule has 0 bridgehead atoms. The van der Waals surface area contributed by atoms with Crippen molar-refractivity contribution in [3.63, 3.8) is 0 Å². The van der Waals surface area contributed by atoms with Crippen LogP contribution in [-0.2, 0) is 0 Å². The highest BCUT2D eigenvalue weighted by Gasteiger charge is 2.31. The summed E-state index contributed by atoms with van der Waals surface area (Å²) in [6, 6.07) is 3.55. The van der Waals surface area contributed by atoms with Crippen molar-refractivity contribution in [3.05, 3.63) is 18.3 Å². The molecule has 1 N–H and O–H groups in total. The molecule has 2 rings (SSSR count). The van der Waals surface area contributed by atoms with E-state index in [0.717, 1.165) is 18.5 Å². The fraction of sp³-hybridized carbons (Fsp3) is 0.643. The zero-order chi connectivity index (χ0) is 14.8. The molecule has 1 aliphatic rings. The molecule has 1 saturated carbocycles. The van der Waals surface area contributed by atoms with Gasteiger partial charge in [0.15, 0.2) is 6.61 Å². The number of rotatable bonds is 4. The van der Waals surface area contributed by atoms with E-state index in [4.69, 9.17) is 0 Å². The van der Waals surface area contributed by atoms with Crippen LogP contribution in [0.2, 0.25) is 0 Å². The van der Waals surface area contributed by atoms with Gasteiger partial charge in [0.05, 0.1) is 11.9 Å². The van der Waals surface area contributed by atoms with Crippen LogP contribution in [0.1, 0.15) is 33.1 Å². The SMILES string of the molecule is CC1(C)CCC(Nc2ccc(OCC(F)(F)F)nc2)C1. The van der Waals surface area contributed by atoms with Gasteiger partial charge in [-0.15, -0.1) is 0 Å². The maximum absolute atomic E-state index is 12.0. The number of aromatic nitrogens is 1. The van der Waals surface area contributed by atoms with Gasteiger partial charge in [0.2, 0.25) is 5.88 Å². The van der Waals surface area contributed by atoms with Crippen LogP contribution < -0.4 is 10.1 Å². The number of ether oxygens (including phenoxy) is 1. The van der Waals surface area contributed by atoms with E-state index in [1.54, 1.807) is 6.07 Å². The number of hydrogen-bond acceptors (Lipinski definition) is 3. The lowest BCUT2D eigenvalue weighted by atomic mass is 9.92. The Labute approximate surface area is 116 Å². The van der Waals surface area contributed by atoms with Gasteiger partial charge < -0.3 is 10.1 Å². The van der Waals surface area contributed by atoms with Gasteiger partial charge in [0, 0.05) is 12.1 Å². The Morgan fingerprint density at radius 1 is 1.40 bits per heavy atom. The third-order valence-electron chi connectivity index (χ3n) is 3.46. The fourth-order valence-corrected chi connectivity index (χ4v) is 2.50. The lowest BCUT2D eigenvalue weighted by Crippen LogP contribution is -2.20. The summed E-state index contributed by atoms with van der Waals surface area (Å²) in [6.07, 6.45) is 0.522. The van der Waals surface area contributed by atoms with Crippen LogP contribution >= 0.6 is 0 Å². The predicted molar refractivity (Wildman–Crippen MR) is 70.8 cm³/mol. The minimum absolute atomic E-state index is 0.0142. The van der Waals surface area contributed by atoms with E-state index in [9.17, 15) is 13.2 Å². The van der Waals surface area contributed by atoms with E-state index < -0.39 is 12.8 Å². The number of alkyl halides is 3. The first-order valence-electron chi connectivity index (χ1n) is 6.66. The molecule has 0 saturated heterocycles. The average Bonchev–Trinajstić information content (AvgIpc) is 2.67. The standard InChI is InChI=1S/C14H19F3N2O/c1-13(2)6-5-10(7-13)19-11-3-4-12(18-8-11)20-9-14(15,16)17/h3-4,8,10,19H,5-7,9H2,1-2H3. The molecule has 1 aromatic rings. The Hall–Kier alpha value is -1.46. The largest absolute Gasteiger partial charge is 0.468 e. The van der Waals surface area contributed by atoms with Crippen LogP contribution in [0.15, 0.2) is 18.3 Å². The lowest BCUT2D eigenvalue weighted by Gasteiger charge is -2.18. The molecule has 1 heterocycles. The lowest BCUT2D eigenvalue weighted by molar-refractivity contribution is -0.154. The fourth-order valence-electron chi connectivity index (χ4n) is 2.50. The number of pyridine rings is 1. The maximum Gasteiger partial charge on any atom is 0.422 e. The molecule has 3 nitrogen and oxygen atoms in total. The Morgan fingerprint density at radius 3 is 2.65 bits per heavy atom. The summed E-state index contributed by atoms with van der Waals surface area (Å²) in [6.45, 7) is 3.16. The third-order valence-corrected chi connectivity index (χ3v) is 3.46. The summed E-state index contributed by atoms with van der Waals surface area (Å²) in [4.78, 5) is 3.88. The molecular formula is C14H19F3N2O. The number of halogens is 3. The first-order valence-corrected chi connectivity index (χ1v) is 6.66. The predicted octanol–water partition coefficient (Wildman–Crippen LogP) is 4.01. The zero-order valence-electron chi connectivity index (χ0n) is 11.6. The molecule has 112 valence electrons. The highest BCUT2D eigenvalue weighted by atomic mass is 19.4. The Balaban J connectivity index is 1.86. The van der Waals surface area contributed by atoms with Gasteiger partial charge >= 0.3 is 6.18 Å². The summed E-state index contributed by atoms with van der Waals surface area (Å²) in [5.74, 6) is -0.0142. The Morgan fingerprint density at radius 2 is 2.15 bits per heavy atom. The highest BCUT2D eigenvalue weighted by molar-refractivity contribution is 5.43. The molecular weight excluding hydrogens is 269 g/mol. The molecule has 0 radical (unpaired) electrons. The molecule has 0 spiro atoms. The monoisotopic (exact) mass is 288 g/mol. The van der Waals surface area contributed by atoms with Gasteiger partial charge in [-0.3, -0.25) is 0 Å². The molecule has 1 atom stereocenters. The Kier molecular flexibility index (Phi) is 4.11. The van der Waals surface area contributed by atoms with Crippen molar-refractivity contribution in [1.29, 1.82) is 0 Å². The maximum atomic E-state index is 12.0. The van der Waals surface area contributed by atoms with Crippen molar-refractivity contribution < 1.29 is 17.9 Å². The quantitative estimate of drug-likeness (QED) is 0.909. The minimum atomic E-state index is -4.34. The van der Waals surface area contributed by atoms with Gasteiger partial charge in [-0.2, -0.15) is 13.2 Å². The van der Waals surface area contributed by atoms with Crippen LogP contribution in [0, 0.1) is 5.41 Å². The van der Waals surface area contributed by atoms with E-state index in [0.29, 0.717) is 11.5 Å². The smallest absolute Gasteiger partial charge is 0.422 e. The van der Waals surface area contributed by atoms with Crippen molar-refractivity contribution in [2.75, 3.05) is 11.9 Å². The minimum Gasteiger partial charge on any atom is -0.468 e. The molecule has 1 aromatic heterocycles. The number of nitrogens with zero attached hydrogens (tertiary/aromatic N) is 1. The summed E-state index contributed by atoms with van der Waals surface area (Å²) in [5.41, 5.74) is 1.16. The van der Waals surface area contributed by atoms with Crippen LogP contribution in [0.3, 0.4) is 0 Å². The van der Waals surface area contributed by atoms with Crippen molar-refractivity contribution in [1.82, 2.24) is 4.98 Å². The second-order valence-electron chi connectivity index (χ2n) is 6.04. The average molecular weight is 288 g/mol. The van der Waals surface area contributed by atoms with Gasteiger partial charge in [0.1, 0.15) is 0 Å². The number of anilines is 1. The summed E-state index contributed by atoms with van der Waals surface area (Å²) >= 11 is 0. The van der Waals surface area contributed by atoms with Gasteiger partial charge in [-0.25, -0.2) is 4.98 Å². The Bertz CT molecular complexity index is 443. The van der Waals surface area contributed by atoms with Crippen LogP contribution in [0.25, 0.3) is 0 Å². The number of hydrogen-bond donors (Lipinski definition) is 1. The van der Waals surface area contributed by atoms with E-state index >= 15 is 0 Å². The summed E-state index contributed by atoms with van der Waals surface area (Å²) in [5, 5.41) is 3.36. The number of nitrogens with one attached hydrogen (secondary N) is 1. The van der Waals surface area contributed by atoms with Gasteiger partial charge in [0.25, 0.3) is 0 Å². The zero-order valence-corrected chi connectivity index (χ0v) is 11.6.